The first-order valence-electron chi connectivity index (χ1n) is 8.38. The van der Waals surface area contributed by atoms with Gasteiger partial charge in [0.25, 0.3) is 5.91 Å². The van der Waals surface area contributed by atoms with Gasteiger partial charge in [-0.3, -0.25) is 9.78 Å². The normalized spacial score (nSPS) is 13.8. The van der Waals surface area contributed by atoms with Crippen molar-refractivity contribution in [2.45, 2.75) is 19.6 Å². The Bertz CT molecular complexity index is 721. The van der Waals surface area contributed by atoms with Crippen molar-refractivity contribution in [1.29, 1.82) is 0 Å². The van der Waals surface area contributed by atoms with Gasteiger partial charge in [0.1, 0.15) is 0 Å². The molecule has 1 amide bonds. The van der Waals surface area contributed by atoms with Gasteiger partial charge in [-0.25, -0.2) is 0 Å². The van der Waals surface area contributed by atoms with Crippen LogP contribution in [0.2, 0.25) is 0 Å². The van der Waals surface area contributed by atoms with E-state index in [0.29, 0.717) is 31.9 Å². The molecule has 0 saturated carbocycles. The van der Waals surface area contributed by atoms with Crippen LogP contribution in [0.25, 0.3) is 0 Å². The van der Waals surface area contributed by atoms with E-state index in [-0.39, 0.29) is 5.91 Å². The van der Waals surface area contributed by atoms with Gasteiger partial charge in [0.15, 0.2) is 0 Å². The highest BCUT2D eigenvalue weighted by atomic mass is 16.5. The molecule has 0 unspecified atom stereocenters. The van der Waals surface area contributed by atoms with Crippen LogP contribution in [0.15, 0.2) is 30.9 Å². The maximum absolute atomic E-state index is 12.6. The summed E-state index contributed by atoms with van der Waals surface area (Å²) < 4.78 is 5.76. The van der Waals surface area contributed by atoms with Gasteiger partial charge in [-0.05, 0) is 43.3 Å². The summed E-state index contributed by atoms with van der Waals surface area (Å²) in [5.74, 6) is -0.0202. The Morgan fingerprint density at radius 2 is 2.16 bits per heavy atom. The molecule has 3 heterocycles. The van der Waals surface area contributed by atoms with E-state index in [9.17, 15) is 4.79 Å². The van der Waals surface area contributed by atoms with Crippen molar-refractivity contribution >= 4 is 5.91 Å². The summed E-state index contributed by atoms with van der Waals surface area (Å²) in [6.45, 7) is 3.39. The maximum atomic E-state index is 12.6. The summed E-state index contributed by atoms with van der Waals surface area (Å²) in [7, 11) is 4.05. The first kappa shape index (κ1) is 17.4. The highest BCUT2D eigenvalue weighted by Gasteiger charge is 2.23. The summed E-state index contributed by atoms with van der Waals surface area (Å²) in [4.78, 5) is 20.8. The van der Waals surface area contributed by atoms with E-state index in [1.54, 1.807) is 6.07 Å². The molecule has 7 heteroatoms. The molecular weight excluding hydrogens is 318 g/mol. The molecule has 0 atom stereocenters. The standard InChI is InChI=1S/C18H23N5O2/c1-22(2)7-8-25-13-16-10-19-9-15-12-23(6-4-17(15)16)18(24)14-3-5-20-21-11-14/h3,5,9-11H,4,6-8,12-13H2,1-2H3. The average molecular weight is 341 g/mol. The van der Waals surface area contributed by atoms with Crippen LogP contribution in [0, 0.1) is 0 Å². The van der Waals surface area contributed by atoms with E-state index in [1.807, 2.05) is 31.4 Å². The maximum Gasteiger partial charge on any atom is 0.255 e. The number of fused-ring (bicyclic) bond motifs is 1. The van der Waals surface area contributed by atoms with Crippen molar-refractivity contribution in [2.75, 3.05) is 33.8 Å². The number of rotatable bonds is 6. The third-order valence-electron chi connectivity index (χ3n) is 4.29. The van der Waals surface area contributed by atoms with E-state index >= 15 is 0 Å². The third kappa shape index (κ3) is 4.37. The predicted octanol–water partition coefficient (Wildman–Crippen LogP) is 1.15. The minimum atomic E-state index is -0.0202. The van der Waals surface area contributed by atoms with Crippen molar-refractivity contribution in [3.8, 4) is 0 Å². The summed E-state index contributed by atoms with van der Waals surface area (Å²) in [5, 5.41) is 7.50. The zero-order valence-electron chi connectivity index (χ0n) is 14.7. The number of nitrogens with zero attached hydrogens (tertiary/aromatic N) is 5. The van der Waals surface area contributed by atoms with Crippen LogP contribution in [0.3, 0.4) is 0 Å². The molecule has 7 nitrogen and oxygen atoms in total. The summed E-state index contributed by atoms with van der Waals surface area (Å²) in [6, 6.07) is 1.69. The molecule has 1 aliphatic rings. The number of aromatic nitrogens is 3. The van der Waals surface area contributed by atoms with Crippen LogP contribution in [0.4, 0.5) is 0 Å². The summed E-state index contributed by atoms with van der Waals surface area (Å²) >= 11 is 0. The van der Waals surface area contributed by atoms with E-state index in [2.05, 4.69) is 20.1 Å². The predicted molar refractivity (Wildman–Crippen MR) is 92.9 cm³/mol. The summed E-state index contributed by atoms with van der Waals surface area (Å²) in [6.07, 6.45) is 7.58. The van der Waals surface area contributed by atoms with Gasteiger partial charge in [0.05, 0.1) is 31.2 Å². The van der Waals surface area contributed by atoms with Crippen molar-refractivity contribution in [1.82, 2.24) is 25.0 Å². The lowest BCUT2D eigenvalue weighted by molar-refractivity contribution is 0.0731. The average Bonchev–Trinajstić information content (AvgIpc) is 2.64. The third-order valence-corrected chi connectivity index (χ3v) is 4.29. The van der Waals surface area contributed by atoms with Crippen LogP contribution in [0.1, 0.15) is 27.0 Å². The number of pyridine rings is 1. The quantitative estimate of drug-likeness (QED) is 0.734. The lowest BCUT2D eigenvalue weighted by Gasteiger charge is -2.29. The number of ether oxygens (including phenoxy) is 1. The molecule has 0 bridgehead atoms. The number of carbonyl (C=O) groups is 1. The fourth-order valence-electron chi connectivity index (χ4n) is 2.89. The first-order chi connectivity index (χ1) is 12.1. The smallest absolute Gasteiger partial charge is 0.255 e. The zero-order valence-corrected chi connectivity index (χ0v) is 14.7. The second-order valence-corrected chi connectivity index (χ2v) is 6.40. The second-order valence-electron chi connectivity index (χ2n) is 6.40. The minimum absolute atomic E-state index is 0.0202. The number of hydrogen-bond donors (Lipinski definition) is 0. The minimum Gasteiger partial charge on any atom is -0.375 e. The van der Waals surface area contributed by atoms with Crippen molar-refractivity contribution in [3.63, 3.8) is 0 Å². The van der Waals surface area contributed by atoms with Gasteiger partial charge < -0.3 is 14.5 Å². The van der Waals surface area contributed by atoms with Crippen LogP contribution >= 0.6 is 0 Å². The van der Waals surface area contributed by atoms with Crippen LogP contribution in [-0.4, -0.2) is 64.7 Å². The van der Waals surface area contributed by atoms with Crippen LogP contribution in [0.5, 0.6) is 0 Å². The molecular formula is C18H23N5O2. The Hall–Kier alpha value is -2.38. The zero-order chi connectivity index (χ0) is 17.6. The first-order valence-corrected chi connectivity index (χ1v) is 8.38. The second kappa shape index (κ2) is 8.13. The number of likely N-dealkylation sites (N-methyl/N-ethyl adjacent to an activating group) is 1. The highest BCUT2D eigenvalue weighted by Crippen LogP contribution is 2.23. The fourth-order valence-corrected chi connectivity index (χ4v) is 2.89. The van der Waals surface area contributed by atoms with Gasteiger partial charge in [0.2, 0.25) is 0 Å². The molecule has 0 fully saturated rings. The number of carbonyl (C=O) groups excluding carboxylic acids is 1. The molecule has 3 rings (SSSR count). The monoisotopic (exact) mass is 341 g/mol. The SMILES string of the molecule is CN(C)CCOCc1cncc2c1CCN(C(=O)c1ccnnc1)C2. The Labute approximate surface area is 147 Å². The van der Waals surface area contributed by atoms with Gasteiger partial charge in [-0.2, -0.15) is 10.2 Å². The molecule has 0 radical (unpaired) electrons. The fraction of sp³-hybridized carbons (Fsp3) is 0.444. The van der Waals surface area contributed by atoms with Crippen molar-refractivity contribution < 1.29 is 9.53 Å². The number of hydrogen-bond acceptors (Lipinski definition) is 6. The molecule has 0 aromatic carbocycles. The van der Waals surface area contributed by atoms with Crippen LogP contribution < -0.4 is 0 Å². The molecule has 2 aromatic heterocycles. The van der Waals surface area contributed by atoms with E-state index < -0.39 is 0 Å². The molecule has 132 valence electrons. The van der Waals surface area contributed by atoms with Crippen molar-refractivity contribution in [2.24, 2.45) is 0 Å². The Kier molecular flexibility index (Phi) is 5.67. The Morgan fingerprint density at radius 3 is 2.92 bits per heavy atom. The molecule has 0 spiro atoms. The van der Waals surface area contributed by atoms with E-state index in [1.165, 1.54) is 18.0 Å². The Morgan fingerprint density at radius 1 is 1.28 bits per heavy atom. The summed E-state index contributed by atoms with van der Waals surface area (Å²) in [5.41, 5.74) is 4.04. The van der Waals surface area contributed by atoms with Crippen molar-refractivity contribution in [3.05, 3.63) is 53.1 Å². The molecule has 0 aliphatic carbocycles. The van der Waals surface area contributed by atoms with Gasteiger partial charge in [0, 0.05) is 32.0 Å². The van der Waals surface area contributed by atoms with E-state index in [0.717, 1.165) is 24.1 Å². The molecule has 2 aromatic rings. The van der Waals surface area contributed by atoms with Gasteiger partial charge >= 0.3 is 0 Å². The van der Waals surface area contributed by atoms with Gasteiger partial charge in [-0.15, -0.1) is 0 Å². The molecule has 1 aliphatic heterocycles. The lowest BCUT2D eigenvalue weighted by Crippen LogP contribution is -2.36. The lowest BCUT2D eigenvalue weighted by atomic mass is 9.97. The molecule has 0 saturated heterocycles. The van der Waals surface area contributed by atoms with Gasteiger partial charge in [-0.1, -0.05) is 0 Å². The highest BCUT2D eigenvalue weighted by molar-refractivity contribution is 5.93. The molecule has 25 heavy (non-hydrogen) atoms. The van der Waals surface area contributed by atoms with E-state index in [4.69, 9.17) is 4.74 Å². The molecule has 0 N–H and O–H groups in total. The largest absolute Gasteiger partial charge is 0.375 e. The number of amides is 1. The van der Waals surface area contributed by atoms with Crippen LogP contribution in [-0.2, 0) is 24.3 Å². The Balaban J connectivity index is 1.66. The topological polar surface area (TPSA) is 71.5 Å².